The van der Waals surface area contributed by atoms with Gasteiger partial charge in [-0.15, -0.1) is 0 Å². The monoisotopic (exact) mass is 616 g/mol. The van der Waals surface area contributed by atoms with Gasteiger partial charge in [0.1, 0.15) is 20.0 Å². The molecule has 0 radical (unpaired) electrons. The van der Waals surface area contributed by atoms with Gasteiger partial charge >= 0.3 is 0 Å². The molecule has 0 bridgehead atoms. The van der Waals surface area contributed by atoms with Crippen LogP contribution in [0.4, 0.5) is 13.2 Å². The van der Waals surface area contributed by atoms with Crippen molar-refractivity contribution in [1.29, 1.82) is 0 Å². The van der Waals surface area contributed by atoms with E-state index in [-0.39, 0.29) is 57.9 Å². The summed E-state index contributed by atoms with van der Waals surface area (Å²) in [6.45, 7) is 15.5. The first-order chi connectivity index (χ1) is 20.0. The van der Waals surface area contributed by atoms with Gasteiger partial charge in [0, 0.05) is 25.1 Å². The van der Waals surface area contributed by atoms with Crippen molar-refractivity contribution in [3.8, 4) is 0 Å². The van der Waals surface area contributed by atoms with Crippen LogP contribution in [0.2, 0.25) is 0 Å². The van der Waals surface area contributed by atoms with Crippen LogP contribution in [-0.4, -0.2) is 55.9 Å². The van der Waals surface area contributed by atoms with Gasteiger partial charge in [-0.05, 0) is 37.0 Å². The standard InChI is InChI=1S/3C11H22FNO.3H2/c3*1-4-6-7-10(5-2)11(8-12)13-9(3)14;;;/h3*10-11H,4-8H2,1-3H3,(H,13,14);3*1H/t10-,11?;10-,11+;10-,11-;;;/m111.../s1. The number of carbonyl (C=O) groups is 3. The summed E-state index contributed by atoms with van der Waals surface area (Å²) in [5.41, 5.74) is 0. The second kappa shape index (κ2) is 30.7. The highest BCUT2D eigenvalue weighted by Crippen LogP contribution is 2.19. The summed E-state index contributed by atoms with van der Waals surface area (Å²) in [6.07, 6.45) is 12.5. The first kappa shape index (κ1) is 44.6. The minimum absolute atomic E-state index is 0. The van der Waals surface area contributed by atoms with E-state index < -0.39 is 20.0 Å². The van der Waals surface area contributed by atoms with Gasteiger partial charge in [0.05, 0.1) is 18.1 Å². The van der Waals surface area contributed by atoms with Crippen LogP contribution in [-0.2, 0) is 14.4 Å². The second-order valence-electron chi connectivity index (χ2n) is 11.3. The third kappa shape index (κ3) is 24.8. The fourth-order valence-electron chi connectivity index (χ4n) is 5.10. The van der Waals surface area contributed by atoms with E-state index >= 15 is 0 Å². The summed E-state index contributed by atoms with van der Waals surface area (Å²) in [5, 5.41) is 8.03. The summed E-state index contributed by atoms with van der Waals surface area (Å²) >= 11 is 0. The molecule has 258 valence electrons. The molecule has 0 heterocycles. The Bertz CT molecular complexity index is 586. The third-order valence-corrected chi connectivity index (χ3v) is 7.73. The summed E-state index contributed by atoms with van der Waals surface area (Å²) in [6, 6.07) is -0.864. The lowest BCUT2D eigenvalue weighted by Crippen LogP contribution is -2.40. The molecule has 3 amide bonds. The van der Waals surface area contributed by atoms with Crippen molar-refractivity contribution in [2.24, 2.45) is 17.8 Å². The van der Waals surface area contributed by atoms with Gasteiger partial charge in [0.2, 0.25) is 17.7 Å². The number of amides is 3. The van der Waals surface area contributed by atoms with Gasteiger partial charge in [0.25, 0.3) is 0 Å². The lowest BCUT2D eigenvalue weighted by Gasteiger charge is -2.24. The topological polar surface area (TPSA) is 87.3 Å². The Morgan fingerprint density at radius 3 is 0.833 bits per heavy atom. The van der Waals surface area contributed by atoms with Crippen LogP contribution in [0, 0.1) is 17.8 Å². The molecule has 6 nitrogen and oxygen atoms in total. The highest BCUT2D eigenvalue weighted by Gasteiger charge is 2.21. The molecule has 0 aromatic heterocycles. The highest BCUT2D eigenvalue weighted by atomic mass is 19.1. The number of carbonyl (C=O) groups excluding carboxylic acids is 3. The molecule has 0 aliphatic carbocycles. The largest absolute Gasteiger partial charge is 0.351 e. The van der Waals surface area contributed by atoms with E-state index in [0.29, 0.717) is 0 Å². The molecule has 0 fully saturated rings. The number of nitrogens with one attached hydrogen (secondary N) is 3. The number of hydrogen-bond donors (Lipinski definition) is 3. The number of halogens is 3. The molecule has 0 aliphatic rings. The lowest BCUT2D eigenvalue weighted by molar-refractivity contribution is -0.121. The zero-order valence-electron chi connectivity index (χ0n) is 28.4. The van der Waals surface area contributed by atoms with E-state index in [2.05, 4.69) is 36.7 Å². The Morgan fingerprint density at radius 2 is 0.714 bits per heavy atom. The van der Waals surface area contributed by atoms with Crippen LogP contribution in [0.1, 0.15) is 144 Å². The zero-order valence-corrected chi connectivity index (χ0v) is 28.4. The molecule has 0 aromatic rings. The van der Waals surface area contributed by atoms with Crippen LogP contribution in [0.15, 0.2) is 0 Å². The minimum atomic E-state index is -0.457. The predicted molar refractivity (Wildman–Crippen MR) is 177 cm³/mol. The minimum Gasteiger partial charge on any atom is -0.351 e. The molecule has 0 aromatic carbocycles. The summed E-state index contributed by atoms with van der Waals surface area (Å²) in [7, 11) is 0. The molecule has 9 heteroatoms. The number of alkyl halides is 3. The first-order valence-electron chi connectivity index (χ1n) is 16.4. The lowest BCUT2D eigenvalue weighted by atomic mass is 9.92. The normalized spacial score (nSPS) is 14.9. The maximum Gasteiger partial charge on any atom is 0.217 e. The van der Waals surface area contributed by atoms with Crippen molar-refractivity contribution in [2.45, 2.75) is 157 Å². The Morgan fingerprint density at radius 1 is 0.500 bits per heavy atom. The molecule has 42 heavy (non-hydrogen) atoms. The molecule has 0 saturated carbocycles. The quantitative estimate of drug-likeness (QED) is 0.121. The van der Waals surface area contributed by atoms with Gasteiger partial charge in [-0.1, -0.05) is 99.3 Å². The van der Waals surface area contributed by atoms with Crippen molar-refractivity contribution in [3.05, 3.63) is 0 Å². The molecule has 0 aliphatic heterocycles. The Hall–Kier alpha value is -1.80. The average molecular weight is 616 g/mol. The maximum absolute atomic E-state index is 12.7. The van der Waals surface area contributed by atoms with Crippen LogP contribution in [0.3, 0.4) is 0 Å². The van der Waals surface area contributed by atoms with Gasteiger partial charge < -0.3 is 16.0 Å². The fraction of sp³-hybridized carbons (Fsp3) is 0.909. The molecule has 0 rings (SSSR count). The van der Waals surface area contributed by atoms with Crippen LogP contribution >= 0.6 is 0 Å². The number of hydrogen-bond acceptors (Lipinski definition) is 3. The van der Waals surface area contributed by atoms with Gasteiger partial charge in [0.15, 0.2) is 0 Å². The smallest absolute Gasteiger partial charge is 0.217 e. The fourth-order valence-corrected chi connectivity index (χ4v) is 5.10. The molecule has 6 atom stereocenters. The van der Waals surface area contributed by atoms with Gasteiger partial charge in [-0.3, -0.25) is 14.4 Å². The van der Waals surface area contributed by atoms with Crippen molar-refractivity contribution < 1.29 is 31.8 Å². The van der Waals surface area contributed by atoms with Crippen LogP contribution in [0.25, 0.3) is 0 Å². The summed E-state index contributed by atoms with van der Waals surface area (Å²) < 4.78 is 38.0. The molecular weight excluding hydrogens is 543 g/mol. The van der Waals surface area contributed by atoms with Gasteiger partial charge in [-0.25, -0.2) is 13.2 Å². The average Bonchev–Trinajstić information content (AvgIpc) is 2.96. The molecule has 0 spiro atoms. The molecule has 3 N–H and O–H groups in total. The van der Waals surface area contributed by atoms with Crippen molar-refractivity contribution >= 4 is 17.7 Å². The van der Waals surface area contributed by atoms with Crippen molar-refractivity contribution in [1.82, 2.24) is 16.0 Å². The van der Waals surface area contributed by atoms with E-state index in [0.717, 1.165) is 77.0 Å². The van der Waals surface area contributed by atoms with E-state index in [1.54, 1.807) is 0 Å². The second-order valence-corrected chi connectivity index (χ2v) is 11.3. The van der Waals surface area contributed by atoms with Crippen molar-refractivity contribution in [2.75, 3.05) is 20.0 Å². The van der Waals surface area contributed by atoms with E-state index in [1.807, 2.05) is 20.8 Å². The zero-order chi connectivity index (χ0) is 32.9. The Balaban J connectivity index is -0.000000123. The van der Waals surface area contributed by atoms with Crippen LogP contribution in [0.5, 0.6) is 0 Å². The highest BCUT2D eigenvalue weighted by molar-refractivity contribution is 5.73. The number of unbranched alkanes of at least 4 members (excludes halogenated alkanes) is 3. The third-order valence-electron chi connectivity index (χ3n) is 7.73. The van der Waals surface area contributed by atoms with E-state index in [4.69, 9.17) is 0 Å². The Labute approximate surface area is 261 Å². The van der Waals surface area contributed by atoms with Crippen LogP contribution < -0.4 is 16.0 Å². The molecule has 1 unspecified atom stereocenters. The number of rotatable bonds is 21. The van der Waals surface area contributed by atoms with E-state index in [1.165, 1.54) is 20.8 Å². The first-order valence-corrected chi connectivity index (χ1v) is 16.4. The molecule has 0 saturated heterocycles. The summed E-state index contributed by atoms with van der Waals surface area (Å²) in [4.78, 5) is 32.5. The maximum atomic E-state index is 12.7. The summed E-state index contributed by atoms with van der Waals surface area (Å²) in [5.74, 6) is 0.435. The SMILES string of the molecule is CCCC[C@@H](CC)C(CF)NC(C)=O.CCCC[C@@H](CC)[C@@H](CF)NC(C)=O.CCCC[C@@H](CC)[C@H](CF)NC(C)=O.[HH].[HH].[HH]. The van der Waals surface area contributed by atoms with E-state index in [9.17, 15) is 27.6 Å². The van der Waals surface area contributed by atoms with Gasteiger partial charge in [-0.2, -0.15) is 0 Å². The Kier molecular flexibility index (Phi) is 32.6. The van der Waals surface area contributed by atoms with Crippen molar-refractivity contribution in [3.63, 3.8) is 0 Å². The predicted octanol–water partition coefficient (Wildman–Crippen LogP) is 8.77. The molecular formula is C33H72F3N3O3.